The van der Waals surface area contributed by atoms with Crippen LogP contribution in [0.5, 0.6) is 0 Å². The monoisotopic (exact) mass is 304 g/mol. The van der Waals surface area contributed by atoms with Gasteiger partial charge in [-0.2, -0.15) is 30.7 Å². The average Bonchev–Trinajstić information content (AvgIpc) is 2.35. The molecular formula is C12H11F7O. The molecular weight excluding hydrogens is 293 g/mol. The summed E-state index contributed by atoms with van der Waals surface area (Å²) < 4.78 is 88.7. The first-order chi connectivity index (χ1) is 9.04. The smallest absolute Gasteiger partial charge is 0.396 e. The molecule has 0 atom stereocenters. The molecule has 0 aliphatic heterocycles. The third kappa shape index (κ3) is 3.05. The highest BCUT2D eigenvalue weighted by atomic mass is 19.4. The minimum atomic E-state index is -6.35. The van der Waals surface area contributed by atoms with Crippen molar-refractivity contribution < 1.29 is 35.8 Å². The molecule has 0 fully saturated rings. The minimum absolute atomic E-state index is 0.0952. The minimum Gasteiger partial charge on any atom is -0.396 e. The van der Waals surface area contributed by atoms with E-state index >= 15 is 0 Å². The van der Waals surface area contributed by atoms with Gasteiger partial charge in [0.2, 0.25) is 0 Å². The molecule has 0 radical (unpaired) electrons. The zero-order valence-corrected chi connectivity index (χ0v) is 10.0. The van der Waals surface area contributed by atoms with E-state index in [1.165, 1.54) is 6.07 Å². The molecule has 1 rings (SSSR count). The van der Waals surface area contributed by atoms with Gasteiger partial charge >= 0.3 is 18.0 Å². The number of alkyl halides is 7. The van der Waals surface area contributed by atoms with Gasteiger partial charge in [-0.3, -0.25) is 0 Å². The number of aliphatic hydroxyl groups is 1. The molecule has 1 aromatic rings. The van der Waals surface area contributed by atoms with Crippen molar-refractivity contribution in [2.75, 3.05) is 6.61 Å². The average molecular weight is 304 g/mol. The molecule has 0 amide bonds. The Morgan fingerprint density at radius 2 is 1.55 bits per heavy atom. The molecule has 20 heavy (non-hydrogen) atoms. The zero-order valence-electron chi connectivity index (χ0n) is 10.0. The van der Waals surface area contributed by atoms with Crippen LogP contribution >= 0.6 is 0 Å². The summed E-state index contributed by atoms with van der Waals surface area (Å²) in [6.07, 6.45) is -6.07. The zero-order chi connectivity index (χ0) is 15.6. The van der Waals surface area contributed by atoms with E-state index in [1.54, 1.807) is 0 Å². The highest BCUT2D eigenvalue weighted by molar-refractivity contribution is 5.29. The number of hydrogen-bond acceptors (Lipinski definition) is 1. The Bertz CT molecular complexity index is 453. The van der Waals surface area contributed by atoms with Crippen LogP contribution < -0.4 is 0 Å². The van der Waals surface area contributed by atoms with Crippen LogP contribution in [0.3, 0.4) is 0 Å². The first-order valence-electron chi connectivity index (χ1n) is 5.56. The summed E-state index contributed by atoms with van der Waals surface area (Å²) in [6, 6.07) is 3.39. The van der Waals surface area contributed by atoms with Crippen LogP contribution in [0.1, 0.15) is 17.5 Å². The maximum Gasteiger partial charge on any atom is 0.460 e. The maximum atomic E-state index is 13.4. The maximum absolute atomic E-state index is 13.4. The Labute approximate surface area is 110 Å². The number of rotatable bonds is 5. The van der Waals surface area contributed by atoms with Gasteiger partial charge in [0.05, 0.1) is 0 Å². The molecule has 0 aromatic heterocycles. The molecule has 0 spiro atoms. The number of benzene rings is 1. The lowest BCUT2D eigenvalue weighted by Crippen LogP contribution is -2.50. The van der Waals surface area contributed by atoms with E-state index in [-0.39, 0.29) is 25.0 Å². The van der Waals surface area contributed by atoms with E-state index in [4.69, 9.17) is 5.11 Å². The molecule has 0 saturated carbocycles. The highest BCUT2D eigenvalue weighted by Gasteiger charge is 2.73. The quantitative estimate of drug-likeness (QED) is 0.818. The van der Waals surface area contributed by atoms with Crippen molar-refractivity contribution in [2.24, 2.45) is 0 Å². The number of aryl methyl sites for hydroxylation is 1. The molecule has 114 valence electrons. The van der Waals surface area contributed by atoms with Crippen molar-refractivity contribution in [1.29, 1.82) is 0 Å². The first-order valence-corrected chi connectivity index (χ1v) is 5.56. The van der Waals surface area contributed by atoms with Crippen LogP contribution in [0.4, 0.5) is 30.7 Å². The van der Waals surface area contributed by atoms with Gasteiger partial charge < -0.3 is 5.11 Å². The van der Waals surface area contributed by atoms with Crippen LogP contribution in [0.25, 0.3) is 0 Å². The van der Waals surface area contributed by atoms with Crippen LogP contribution in [-0.2, 0) is 12.3 Å². The van der Waals surface area contributed by atoms with Gasteiger partial charge in [0.1, 0.15) is 0 Å². The Balaban J connectivity index is 3.15. The Hall–Kier alpha value is -1.31. The van der Waals surface area contributed by atoms with Gasteiger partial charge in [-0.05, 0) is 24.5 Å². The lowest BCUT2D eigenvalue weighted by Gasteiger charge is -2.28. The molecule has 1 aromatic carbocycles. The summed E-state index contributed by atoms with van der Waals surface area (Å²) in [6.45, 7) is -0.251. The molecule has 1 N–H and O–H groups in total. The topological polar surface area (TPSA) is 20.2 Å². The first kappa shape index (κ1) is 16.7. The predicted octanol–water partition coefficient (Wildman–Crippen LogP) is 3.90. The second-order valence-electron chi connectivity index (χ2n) is 4.17. The van der Waals surface area contributed by atoms with Gasteiger partial charge in [-0.1, -0.05) is 18.2 Å². The van der Waals surface area contributed by atoms with Gasteiger partial charge in [-0.25, -0.2) is 0 Å². The van der Waals surface area contributed by atoms with Gasteiger partial charge in [0.25, 0.3) is 0 Å². The number of aliphatic hydroxyl groups excluding tert-OH is 1. The summed E-state index contributed by atoms with van der Waals surface area (Å²) in [7, 11) is 0. The summed E-state index contributed by atoms with van der Waals surface area (Å²) >= 11 is 0. The second-order valence-corrected chi connectivity index (χ2v) is 4.17. The van der Waals surface area contributed by atoms with Gasteiger partial charge in [0, 0.05) is 12.2 Å². The fraction of sp³-hybridized carbons (Fsp3) is 0.500. The van der Waals surface area contributed by atoms with E-state index in [2.05, 4.69) is 0 Å². The molecule has 0 heterocycles. The third-order valence-electron chi connectivity index (χ3n) is 2.66. The summed E-state index contributed by atoms with van der Waals surface area (Å²) in [5.74, 6) is -11.5. The molecule has 0 unspecified atom stereocenters. The fourth-order valence-corrected chi connectivity index (χ4v) is 1.56. The summed E-state index contributed by atoms with van der Waals surface area (Å²) in [4.78, 5) is 0. The molecule has 0 bridgehead atoms. The van der Waals surface area contributed by atoms with E-state index in [9.17, 15) is 30.7 Å². The normalized spacial score (nSPS) is 13.6. The van der Waals surface area contributed by atoms with Crippen LogP contribution in [0.15, 0.2) is 24.3 Å². The van der Waals surface area contributed by atoms with E-state index in [0.717, 1.165) is 6.07 Å². The van der Waals surface area contributed by atoms with Crippen molar-refractivity contribution in [1.82, 2.24) is 0 Å². The molecule has 0 aliphatic carbocycles. The van der Waals surface area contributed by atoms with Crippen molar-refractivity contribution >= 4 is 0 Å². The van der Waals surface area contributed by atoms with Gasteiger partial charge in [0.15, 0.2) is 0 Å². The largest absolute Gasteiger partial charge is 0.460 e. The standard InChI is InChI=1S/C12H11F7O/c13-10(14,11(15,16)12(17,18)19)9-5-1-3-8(7-9)4-2-6-20/h1,3,5,7,20H,2,4,6H2. The summed E-state index contributed by atoms with van der Waals surface area (Å²) in [5.41, 5.74) is -1.26. The van der Waals surface area contributed by atoms with Crippen LogP contribution in [-0.4, -0.2) is 23.8 Å². The summed E-state index contributed by atoms with van der Waals surface area (Å²) in [5, 5.41) is 8.58. The van der Waals surface area contributed by atoms with Crippen LogP contribution in [0, 0.1) is 0 Å². The lowest BCUT2D eigenvalue weighted by molar-refractivity contribution is -0.359. The number of halogens is 7. The lowest BCUT2D eigenvalue weighted by atomic mass is 9.98. The van der Waals surface area contributed by atoms with Crippen molar-refractivity contribution in [2.45, 2.75) is 30.9 Å². The van der Waals surface area contributed by atoms with E-state index in [1.807, 2.05) is 0 Å². The third-order valence-corrected chi connectivity index (χ3v) is 2.66. The molecule has 1 nitrogen and oxygen atoms in total. The predicted molar refractivity (Wildman–Crippen MR) is 56.7 cm³/mol. The molecule has 8 heteroatoms. The molecule has 0 saturated heterocycles. The second kappa shape index (κ2) is 5.59. The fourth-order valence-electron chi connectivity index (χ4n) is 1.56. The Morgan fingerprint density at radius 3 is 2.05 bits per heavy atom. The Morgan fingerprint density at radius 1 is 0.950 bits per heavy atom. The van der Waals surface area contributed by atoms with E-state index < -0.39 is 23.6 Å². The van der Waals surface area contributed by atoms with Crippen molar-refractivity contribution in [3.05, 3.63) is 35.4 Å². The van der Waals surface area contributed by atoms with E-state index in [0.29, 0.717) is 12.1 Å². The molecule has 0 aliphatic rings. The SMILES string of the molecule is OCCCc1cccc(C(F)(F)C(F)(F)C(F)(F)F)c1. The number of hydrogen-bond donors (Lipinski definition) is 1. The highest BCUT2D eigenvalue weighted by Crippen LogP contribution is 2.51. The Kier molecular flexibility index (Phi) is 4.68. The van der Waals surface area contributed by atoms with Crippen molar-refractivity contribution in [3.8, 4) is 0 Å². The van der Waals surface area contributed by atoms with Gasteiger partial charge in [-0.15, -0.1) is 0 Å². The van der Waals surface area contributed by atoms with Crippen molar-refractivity contribution in [3.63, 3.8) is 0 Å². The van der Waals surface area contributed by atoms with Crippen LogP contribution in [0.2, 0.25) is 0 Å².